The fourth-order valence-electron chi connectivity index (χ4n) is 4.77. The van der Waals surface area contributed by atoms with Gasteiger partial charge in [-0.15, -0.1) is 0 Å². The SMILES string of the molecule is C[C@@H](C1CCC(c2cccc3ncnn23)CC1)[C@H](N)C(=O)N1CCC(F)(F)C1.O=C(O)C(F)(F)F.O=C(O)C(F)(F)F. The van der Waals surface area contributed by atoms with Crippen molar-refractivity contribution in [3.8, 4) is 0 Å². The molecule has 4 N–H and O–H groups in total. The Labute approximate surface area is 233 Å². The van der Waals surface area contributed by atoms with Crippen molar-refractivity contribution in [2.75, 3.05) is 13.1 Å². The normalized spacial score (nSPS) is 21.8. The number of fused-ring (bicyclic) bond motifs is 1. The van der Waals surface area contributed by atoms with Crippen LogP contribution in [0.4, 0.5) is 35.1 Å². The number of nitrogens with two attached hydrogens (primary N) is 1. The van der Waals surface area contributed by atoms with Gasteiger partial charge in [0.05, 0.1) is 12.6 Å². The van der Waals surface area contributed by atoms with Crippen LogP contribution in [0.3, 0.4) is 0 Å². The highest BCUT2D eigenvalue weighted by atomic mass is 19.4. The first-order chi connectivity index (χ1) is 19.2. The van der Waals surface area contributed by atoms with Crippen molar-refractivity contribution >= 4 is 23.5 Å². The number of pyridine rings is 1. The molecule has 4 rings (SSSR count). The number of likely N-dealkylation sites (tertiary alicyclic amines) is 1. The van der Waals surface area contributed by atoms with Crippen LogP contribution in [-0.4, -0.2) is 85.0 Å². The van der Waals surface area contributed by atoms with E-state index in [-0.39, 0.29) is 24.8 Å². The highest BCUT2D eigenvalue weighted by molar-refractivity contribution is 5.82. The van der Waals surface area contributed by atoms with E-state index in [9.17, 15) is 39.9 Å². The van der Waals surface area contributed by atoms with Gasteiger partial charge >= 0.3 is 24.3 Å². The molecule has 1 aliphatic carbocycles. The summed E-state index contributed by atoms with van der Waals surface area (Å²) in [4.78, 5) is 35.8. The van der Waals surface area contributed by atoms with Crippen molar-refractivity contribution in [3.05, 3.63) is 30.2 Å². The Hall–Kier alpha value is -3.57. The molecule has 2 aromatic rings. The Morgan fingerprint density at radius 3 is 1.98 bits per heavy atom. The number of carbonyl (C=O) groups excluding carboxylic acids is 1. The molecule has 236 valence electrons. The van der Waals surface area contributed by atoms with Crippen LogP contribution in [0.5, 0.6) is 0 Å². The number of rotatable bonds is 4. The zero-order valence-electron chi connectivity index (χ0n) is 22.1. The fourth-order valence-corrected chi connectivity index (χ4v) is 4.77. The molecule has 0 spiro atoms. The number of halogens is 8. The minimum atomic E-state index is -5.08. The van der Waals surface area contributed by atoms with Gasteiger partial charge in [-0.05, 0) is 49.7 Å². The molecular weight excluding hydrogens is 590 g/mol. The molecule has 3 heterocycles. The molecule has 18 heteroatoms. The van der Waals surface area contributed by atoms with Gasteiger partial charge < -0.3 is 20.8 Å². The first-order valence-electron chi connectivity index (χ1n) is 12.6. The molecule has 10 nitrogen and oxygen atoms in total. The van der Waals surface area contributed by atoms with Crippen molar-refractivity contribution in [2.24, 2.45) is 17.6 Å². The van der Waals surface area contributed by atoms with Crippen LogP contribution in [-0.2, 0) is 14.4 Å². The van der Waals surface area contributed by atoms with Gasteiger partial charge in [0, 0.05) is 24.6 Å². The second-order valence-corrected chi connectivity index (χ2v) is 9.95. The van der Waals surface area contributed by atoms with Gasteiger partial charge in [0.25, 0.3) is 5.92 Å². The minimum Gasteiger partial charge on any atom is -0.475 e. The average Bonchev–Trinajstić information content (AvgIpc) is 3.53. The predicted octanol–water partition coefficient (Wildman–Crippen LogP) is 4.10. The molecule has 0 bridgehead atoms. The van der Waals surface area contributed by atoms with Crippen molar-refractivity contribution in [1.29, 1.82) is 0 Å². The maximum absolute atomic E-state index is 13.4. The molecule has 2 fully saturated rings. The van der Waals surface area contributed by atoms with E-state index in [1.54, 1.807) is 6.33 Å². The van der Waals surface area contributed by atoms with Crippen molar-refractivity contribution in [1.82, 2.24) is 19.5 Å². The zero-order chi connectivity index (χ0) is 32.0. The predicted molar refractivity (Wildman–Crippen MR) is 128 cm³/mol. The monoisotopic (exact) mass is 619 g/mol. The van der Waals surface area contributed by atoms with Gasteiger partial charge in [0.1, 0.15) is 6.33 Å². The van der Waals surface area contributed by atoms with Crippen molar-refractivity contribution < 1.29 is 59.7 Å². The van der Waals surface area contributed by atoms with E-state index in [4.69, 9.17) is 25.5 Å². The molecule has 1 aliphatic heterocycles. The second-order valence-electron chi connectivity index (χ2n) is 9.95. The number of amides is 1. The average molecular weight is 620 g/mol. The first kappa shape index (κ1) is 34.6. The summed E-state index contributed by atoms with van der Waals surface area (Å²) < 4.78 is 92.2. The molecule has 0 unspecified atom stereocenters. The van der Waals surface area contributed by atoms with E-state index in [2.05, 4.69) is 16.1 Å². The second kappa shape index (κ2) is 13.6. The lowest BCUT2D eigenvalue weighted by Gasteiger charge is -2.35. The molecule has 2 atom stereocenters. The fraction of sp³-hybridized carbons (Fsp3) is 0.625. The maximum Gasteiger partial charge on any atom is 0.490 e. The van der Waals surface area contributed by atoms with Gasteiger partial charge in [-0.1, -0.05) is 13.0 Å². The van der Waals surface area contributed by atoms with E-state index in [0.717, 1.165) is 31.3 Å². The third-order valence-corrected chi connectivity index (χ3v) is 7.08. The number of hydrogen-bond acceptors (Lipinski definition) is 6. The minimum absolute atomic E-state index is 0.0233. The number of carbonyl (C=O) groups is 3. The van der Waals surface area contributed by atoms with Crippen LogP contribution >= 0.6 is 0 Å². The lowest BCUT2D eigenvalue weighted by Crippen LogP contribution is -2.49. The van der Waals surface area contributed by atoms with Gasteiger partial charge in [-0.25, -0.2) is 27.9 Å². The summed E-state index contributed by atoms with van der Waals surface area (Å²) in [5, 5.41) is 18.6. The van der Waals surface area contributed by atoms with Gasteiger partial charge in [-0.2, -0.15) is 31.4 Å². The first-order valence-corrected chi connectivity index (χ1v) is 12.6. The van der Waals surface area contributed by atoms with Gasteiger partial charge in [0.15, 0.2) is 5.65 Å². The standard InChI is InChI=1S/C20H27F2N5O.2C2HF3O2/c1-13(18(23)19(28)26-10-9-20(21,22)11-26)14-5-7-15(8-6-14)16-3-2-4-17-24-12-25-27(16)17;2*3-2(4,5)1(6)7/h2-4,12-15,18H,5-11,23H2,1H3;2*(H,6,7)/t13-,14?,15?,18-;;/m0../s1. The lowest BCUT2D eigenvalue weighted by atomic mass is 9.73. The number of carboxylic acid groups (broad SMARTS) is 2. The van der Waals surface area contributed by atoms with E-state index >= 15 is 0 Å². The molecular formula is C24H29F8N5O5. The molecule has 42 heavy (non-hydrogen) atoms. The molecule has 2 aromatic heterocycles. The van der Waals surface area contributed by atoms with Crippen LogP contribution in [0.2, 0.25) is 0 Å². The Morgan fingerprint density at radius 1 is 1.00 bits per heavy atom. The summed E-state index contributed by atoms with van der Waals surface area (Å²) >= 11 is 0. The highest BCUT2D eigenvalue weighted by Gasteiger charge is 2.43. The van der Waals surface area contributed by atoms with Crippen LogP contribution in [0.25, 0.3) is 5.65 Å². The summed E-state index contributed by atoms with van der Waals surface area (Å²) in [7, 11) is 0. The van der Waals surface area contributed by atoms with E-state index in [1.807, 2.05) is 23.6 Å². The Kier molecular flexibility index (Phi) is 11.2. The highest BCUT2D eigenvalue weighted by Crippen LogP contribution is 2.39. The molecule has 0 radical (unpaired) electrons. The van der Waals surface area contributed by atoms with E-state index in [0.29, 0.717) is 11.8 Å². The number of hydrogen-bond donors (Lipinski definition) is 3. The smallest absolute Gasteiger partial charge is 0.475 e. The summed E-state index contributed by atoms with van der Waals surface area (Å²) in [6, 6.07) is 5.33. The number of alkyl halides is 8. The van der Waals surface area contributed by atoms with Gasteiger partial charge in [0.2, 0.25) is 5.91 Å². The van der Waals surface area contributed by atoms with Gasteiger partial charge in [-0.3, -0.25) is 4.79 Å². The lowest BCUT2D eigenvalue weighted by molar-refractivity contribution is -0.193. The van der Waals surface area contributed by atoms with Crippen LogP contribution in [0, 0.1) is 11.8 Å². The summed E-state index contributed by atoms with van der Waals surface area (Å²) in [6.07, 6.45) is -4.94. The van der Waals surface area contributed by atoms with Crippen LogP contribution < -0.4 is 5.73 Å². The topological polar surface area (TPSA) is 151 Å². The summed E-state index contributed by atoms with van der Waals surface area (Å²) in [6.45, 7) is 1.59. The Balaban J connectivity index is 0.000000367. The molecule has 0 aromatic carbocycles. The molecule has 1 saturated heterocycles. The van der Waals surface area contributed by atoms with Crippen LogP contribution in [0.15, 0.2) is 24.5 Å². The molecule has 1 amide bonds. The van der Waals surface area contributed by atoms with Crippen LogP contribution in [0.1, 0.15) is 50.6 Å². The third-order valence-electron chi connectivity index (χ3n) is 7.08. The quantitative estimate of drug-likeness (QED) is 0.433. The third kappa shape index (κ3) is 9.49. The van der Waals surface area contributed by atoms with E-state index < -0.39 is 42.8 Å². The maximum atomic E-state index is 13.4. The van der Waals surface area contributed by atoms with Crippen molar-refractivity contribution in [3.63, 3.8) is 0 Å². The zero-order valence-corrected chi connectivity index (χ0v) is 22.1. The van der Waals surface area contributed by atoms with Crippen molar-refractivity contribution in [2.45, 2.75) is 69.3 Å². The summed E-state index contributed by atoms with van der Waals surface area (Å²) in [5.41, 5.74) is 8.23. The Morgan fingerprint density at radius 2 is 1.52 bits per heavy atom. The summed E-state index contributed by atoms with van der Waals surface area (Å²) in [5.74, 6) is -7.92. The molecule has 1 saturated carbocycles. The largest absolute Gasteiger partial charge is 0.490 e. The number of aromatic nitrogens is 3. The Bertz CT molecular complexity index is 1200. The van der Waals surface area contributed by atoms with E-state index in [1.165, 1.54) is 10.6 Å². The molecule has 2 aliphatic rings. The number of carboxylic acids is 2. The number of aliphatic carboxylic acids is 2. The number of nitrogens with zero attached hydrogens (tertiary/aromatic N) is 4.